The third-order valence-electron chi connectivity index (χ3n) is 6.81. The van der Waals surface area contributed by atoms with Crippen molar-refractivity contribution >= 4 is 0 Å². The summed E-state index contributed by atoms with van der Waals surface area (Å²) in [6.45, 7) is 3.56. The fraction of sp³-hybridized carbons (Fsp3) is 0.792. The van der Waals surface area contributed by atoms with Crippen molar-refractivity contribution in [3.63, 3.8) is 0 Å². The predicted octanol–water partition coefficient (Wildman–Crippen LogP) is 6.48. The molecule has 0 N–H and O–H groups in total. The van der Waals surface area contributed by atoms with Gasteiger partial charge in [-0.25, -0.2) is 0 Å². The van der Waals surface area contributed by atoms with Crippen LogP contribution in [0.3, 0.4) is 0 Å². The van der Waals surface area contributed by atoms with Crippen LogP contribution >= 0.6 is 0 Å². The molecule has 2 heteroatoms. The van der Waals surface area contributed by atoms with Crippen molar-refractivity contribution in [1.82, 2.24) is 9.88 Å². The molecule has 146 valence electrons. The van der Waals surface area contributed by atoms with Gasteiger partial charge in [-0.1, -0.05) is 64.7 Å². The summed E-state index contributed by atoms with van der Waals surface area (Å²) in [5.41, 5.74) is 4.64. The first kappa shape index (κ1) is 19.9. The molecule has 0 saturated carbocycles. The Morgan fingerprint density at radius 3 is 2.38 bits per heavy atom. The van der Waals surface area contributed by atoms with Crippen LogP contribution in [-0.2, 0) is 12.8 Å². The van der Waals surface area contributed by atoms with Crippen LogP contribution < -0.4 is 0 Å². The van der Waals surface area contributed by atoms with Gasteiger partial charge in [0.25, 0.3) is 0 Å². The number of aryl methyl sites for hydroxylation is 1. The van der Waals surface area contributed by atoms with Crippen molar-refractivity contribution in [2.45, 2.75) is 103 Å². The SMILES string of the molecule is CCCCCCCCCCCCc1nccc2c1CC[C@H]1CCN(C)[C@@H]21. The molecule has 1 fully saturated rings. The molecule has 1 aliphatic heterocycles. The van der Waals surface area contributed by atoms with E-state index < -0.39 is 0 Å². The summed E-state index contributed by atoms with van der Waals surface area (Å²) in [5.74, 6) is 0.889. The predicted molar refractivity (Wildman–Crippen MR) is 112 cm³/mol. The maximum atomic E-state index is 4.79. The number of nitrogens with zero attached hydrogens (tertiary/aromatic N) is 2. The molecule has 2 aliphatic rings. The topological polar surface area (TPSA) is 16.1 Å². The number of aromatic nitrogens is 1. The van der Waals surface area contributed by atoms with Crippen LogP contribution in [0.4, 0.5) is 0 Å². The molecule has 1 saturated heterocycles. The number of hydrogen-bond donors (Lipinski definition) is 0. The van der Waals surface area contributed by atoms with E-state index in [1.54, 1.807) is 11.1 Å². The third kappa shape index (κ3) is 5.09. The molecule has 26 heavy (non-hydrogen) atoms. The fourth-order valence-electron chi connectivity index (χ4n) is 5.26. The average molecular weight is 357 g/mol. The van der Waals surface area contributed by atoms with E-state index in [9.17, 15) is 0 Å². The van der Waals surface area contributed by atoms with Crippen LogP contribution in [0.15, 0.2) is 12.3 Å². The van der Waals surface area contributed by atoms with E-state index in [0.29, 0.717) is 6.04 Å². The molecule has 1 aromatic rings. The van der Waals surface area contributed by atoms with E-state index in [4.69, 9.17) is 4.98 Å². The quantitative estimate of drug-likeness (QED) is 0.422. The molecule has 1 aliphatic carbocycles. The zero-order valence-electron chi connectivity index (χ0n) is 17.3. The van der Waals surface area contributed by atoms with E-state index in [2.05, 4.69) is 31.1 Å². The zero-order valence-corrected chi connectivity index (χ0v) is 17.3. The monoisotopic (exact) mass is 356 g/mol. The van der Waals surface area contributed by atoms with Crippen molar-refractivity contribution in [1.29, 1.82) is 0 Å². The molecule has 0 unspecified atom stereocenters. The smallest absolute Gasteiger partial charge is 0.0438 e. The van der Waals surface area contributed by atoms with Gasteiger partial charge < -0.3 is 0 Å². The molecule has 0 spiro atoms. The second-order valence-corrected chi connectivity index (χ2v) is 8.77. The maximum absolute atomic E-state index is 4.79. The molecule has 0 amide bonds. The maximum Gasteiger partial charge on any atom is 0.0438 e. The summed E-state index contributed by atoms with van der Waals surface area (Å²) in [6, 6.07) is 2.99. The molecule has 0 bridgehead atoms. The number of likely N-dealkylation sites (tertiary alicyclic amines) is 1. The molecular formula is C24H40N2. The van der Waals surface area contributed by atoms with Crippen molar-refractivity contribution in [2.24, 2.45) is 5.92 Å². The fourth-order valence-corrected chi connectivity index (χ4v) is 5.26. The Morgan fingerprint density at radius 2 is 1.65 bits per heavy atom. The highest BCUT2D eigenvalue weighted by atomic mass is 15.2. The summed E-state index contributed by atoms with van der Waals surface area (Å²) >= 11 is 0. The standard InChI is InChI=1S/C24H40N2/c1-3-4-5-6-7-8-9-10-11-12-13-23-21-15-14-20-17-19-26(2)24(20)22(21)16-18-25-23/h16,18,20,24H,3-15,17,19H2,1-2H3/t20-,24+/m0/s1. The van der Waals surface area contributed by atoms with Gasteiger partial charge in [0.2, 0.25) is 0 Å². The summed E-state index contributed by atoms with van der Waals surface area (Å²) in [5, 5.41) is 0. The van der Waals surface area contributed by atoms with Crippen molar-refractivity contribution in [2.75, 3.05) is 13.6 Å². The van der Waals surface area contributed by atoms with Gasteiger partial charge in [0.15, 0.2) is 0 Å². The highest BCUT2D eigenvalue weighted by molar-refractivity contribution is 5.36. The van der Waals surface area contributed by atoms with E-state index in [1.165, 1.54) is 102 Å². The molecule has 2 heterocycles. The number of pyridine rings is 1. The molecule has 0 aromatic carbocycles. The number of hydrogen-bond acceptors (Lipinski definition) is 2. The Kier molecular flexibility index (Phi) is 7.98. The van der Waals surface area contributed by atoms with E-state index in [0.717, 1.165) is 5.92 Å². The number of fused-ring (bicyclic) bond motifs is 3. The average Bonchev–Trinajstić information content (AvgIpc) is 3.05. The van der Waals surface area contributed by atoms with Crippen LogP contribution in [0, 0.1) is 5.92 Å². The summed E-state index contributed by atoms with van der Waals surface area (Å²) in [7, 11) is 2.31. The molecular weight excluding hydrogens is 316 g/mol. The summed E-state index contributed by atoms with van der Waals surface area (Å²) < 4.78 is 0. The van der Waals surface area contributed by atoms with Gasteiger partial charge in [-0.2, -0.15) is 0 Å². The van der Waals surface area contributed by atoms with Gasteiger partial charge >= 0.3 is 0 Å². The van der Waals surface area contributed by atoms with Gasteiger partial charge in [0.1, 0.15) is 0 Å². The highest BCUT2D eigenvalue weighted by Gasteiger charge is 2.37. The van der Waals surface area contributed by atoms with Gasteiger partial charge in [-0.15, -0.1) is 0 Å². The Morgan fingerprint density at radius 1 is 0.962 bits per heavy atom. The van der Waals surface area contributed by atoms with Crippen LogP contribution in [0.5, 0.6) is 0 Å². The van der Waals surface area contributed by atoms with Crippen LogP contribution in [0.25, 0.3) is 0 Å². The van der Waals surface area contributed by atoms with Crippen molar-refractivity contribution < 1.29 is 0 Å². The lowest BCUT2D eigenvalue weighted by atomic mass is 9.79. The van der Waals surface area contributed by atoms with E-state index in [-0.39, 0.29) is 0 Å². The number of unbranched alkanes of at least 4 members (excludes halogenated alkanes) is 9. The first-order valence-electron chi connectivity index (χ1n) is 11.5. The molecule has 3 rings (SSSR count). The first-order chi connectivity index (χ1) is 12.8. The van der Waals surface area contributed by atoms with E-state index in [1.807, 2.05) is 0 Å². The van der Waals surface area contributed by atoms with Gasteiger partial charge in [0, 0.05) is 17.9 Å². The third-order valence-corrected chi connectivity index (χ3v) is 6.81. The minimum atomic E-state index is 0.674. The Bertz CT molecular complexity index is 539. The molecule has 1 aromatic heterocycles. The minimum absolute atomic E-state index is 0.674. The summed E-state index contributed by atoms with van der Waals surface area (Å²) in [4.78, 5) is 7.36. The lowest BCUT2D eigenvalue weighted by molar-refractivity contribution is 0.256. The van der Waals surface area contributed by atoms with Gasteiger partial charge in [0.05, 0.1) is 0 Å². The molecule has 0 radical (unpaired) electrons. The van der Waals surface area contributed by atoms with Crippen LogP contribution in [-0.4, -0.2) is 23.5 Å². The Balaban J connectivity index is 1.38. The lowest BCUT2D eigenvalue weighted by Gasteiger charge is -2.32. The molecule has 2 atom stereocenters. The van der Waals surface area contributed by atoms with Gasteiger partial charge in [-0.05, 0) is 68.8 Å². The van der Waals surface area contributed by atoms with Crippen molar-refractivity contribution in [3.05, 3.63) is 29.1 Å². The number of rotatable bonds is 11. The molecule has 2 nitrogen and oxygen atoms in total. The highest BCUT2D eigenvalue weighted by Crippen LogP contribution is 2.44. The lowest BCUT2D eigenvalue weighted by Crippen LogP contribution is -2.26. The zero-order chi connectivity index (χ0) is 18.2. The Labute approximate surface area is 161 Å². The normalized spacial score (nSPS) is 22.4. The minimum Gasteiger partial charge on any atom is -0.299 e. The van der Waals surface area contributed by atoms with Gasteiger partial charge in [-0.3, -0.25) is 9.88 Å². The second kappa shape index (κ2) is 10.4. The Hall–Kier alpha value is -0.890. The summed E-state index contributed by atoms with van der Waals surface area (Å²) in [6.07, 6.45) is 21.4. The van der Waals surface area contributed by atoms with E-state index >= 15 is 0 Å². The van der Waals surface area contributed by atoms with Crippen LogP contribution in [0.1, 0.15) is 107 Å². The first-order valence-corrected chi connectivity index (χ1v) is 11.5. The van der Waals surface area contributed by atoms with Crippen LogP contribution in [0.2, 0.25) is 0 Å². The van der Waals surface area contributed by atoms with Crippen molar-refractivity contribution in [3.8, 4) is 0 Å². The largest absolute Gasteiger partial charge is 0.299 e. The second-order valence-electron chi connectivity index (χ2n) is 8.77.